The van der Waals surface area contributed by atoms with Gasteiger partial charge >= 0.3 is 0 Å². The lowest BCUT2D eigenvalue weighted by Gasteiger charge is -2.12. The van der Waals surface area contributed by atoms with E-state index in [9.17, 15) is 9.50 Å². The summed E-state index contributed by atoms with van der Waals surface area (Å²) in [6.07, 6.45) is 1.02. The van der Waals surface area contributed by atoms with Crippen LogP contribution in [-0.4, -0.2) is 28.6 Å². The van der Waals surface area contributed by atoms with Crippen LogP contribution in [0.25, 0.3) is 0 Å². The third-order valence-corrected chi connectivity index (χ3v) is 3.42. The molecule has 0 saturated heterocycles. The molecule has 0 aliphatic heterocycles. The molecule has 0 fully saturated rings. The van der Waals surface area contributed by atoms with Gasteiger partial charge in [0, 0.05) is 11.9 Å². The van der Waals surface area contributed by atoms with Gasteiger partial charge in [0.1, 0.15) is 6.61 Å². The number of aliphatic hydroxyl groups excluding tert-OH is 1. The molecule has 1 heterocycles. The molecule has 100 valence electrons. The molecular weight excluding hydrogens is 265 g/mol. The first-order valence-electron chi connectivity index (χ1n) is 5.85. The van der Waals surface area contributed by atoms with Gasteiger partial charge in [0.05, 0.1) is 11.1 Å². The van der Waals surface area contributed by atoms with Gasteiger partial charge in [0.2, 0.25) is 0 Å². The topological polar surface area (TPSA) is 42.4 Å². The van der Waals surface area contributed by atoms with Crippen LogP contribution in [0.1, 0.15) is 0 Å². The summed E-state index contributed by atoms with van der Waals surface area (Å²) >= 11 is 1.43. The Morgan fingerprint density at radius 2 is 2.00 bits per heavy atom. The van der Waals surface area contributed by atoms with Crippen LogP contribution in [0.3, 0.4) is 0 Å². The van der Waals surface area contributed by atoms with Crippen LogP contribution in [-0.2, 0) is 0 Å². The Kier molecular flexibility index (Phi) is 5.18. The van der Waals surface area contributed by atoms with Gasteiger partial charge in [-0.1, -0.05) is 18.2 Å². The molecule has 0 bridgehead atoms. The number of aliphatic hydroxyl groups is 1. The lowest BCUT2D eigenvalue weighted by Crippen LogP contribution is -2.20. The third-order valence-electron chi connectivity index (χ3n) is 2.33. The lowest BCUT2D eigenvalue weighted by atomic mass is 10.3. The summed E-state index contributed by atoms with van der Waals surface area (Å²) in [5.41, 5.74) is 0. The number of nitrogens with zero attached hydrogens (tertiary/aromatic N) is 1. The highest BCUT2D eigenvalue weighted by atomic mass is 32.2. The van der Waals surface area contributed by atoms with Crippen molar-refractivity contribution in [2.45, 2.75) is 11.1 Å². The Labute approximate surface area is 115 Å². The minimum absolute atomic E-state index is 0.0563. The number of hydrogen-bond acceptors (Lipinski definition) is 4. The Morgan fingerprint density at radius 1 is 1.21 bits per heavy atom. The van der Waals surface area contributed by atoms with E-state index in [1.54, 1.807) is 18.3 Å². The molecule has 0 unspecified atom stereocenters. The summed E-state index contributed by atoms with van der Waals surface area (Å²) in [7, 11) is 0. The van der Waals surface area contributed by atoms with Gasteiger partial charge in [-0.05, 0) is 24.3 Å². The molecule has 0 saturated carbocycles. The predicted octanol–water partition coefficient (Wildman–Crippen LogP) is 2.75. The summed E-state index contributed by atoms with van der Waals surface area (Å²) in [5, 5.41) is 10.6. The van der Waals surface area contributed by atoms with Crippen molar-refractivity contribution in [1.82, 2.24) is 4.98 Å². The SMILES string of the molecule is O[C@H](COc1ccccc1F)CSc1ccccn1. The maximum absolute atomic E-state index is 13.3. The monoisotopic (exact) mass is 279 g/mol. The fourth-order valence-corrected chi connectivity index (χ4v) is 2.18. The van der Waals surface area contributed by atoms with E-state index in [0.29, 0.717) is 5.75 Å². The maximum Gasteiger partial charge on any atom is 0.165 e. The van der Waals surface area contributed by atoms with Crippen LogP contribution >= 0.6 is 11.8 Å². The predicted molar refractivity (Wildman–Crippen MR) is 72.9 cm³/mol. The second-order valence-corrected chi connectivity index (χ2v) is 4.91. The Bertz CT molecular complexity index is 510. The van der Waals surface area contributed by atoms with E-state index in [1.807, 2.05) is 18.2 Å². The number of para-hydroxylation sites is 1. The molecule has 1 N–H and O–H groups in total. The van der Waals surface area contributed by atoms with Gasteiger partial charge in [-0.15, -0.1) is 11.8 Å². The number of benzene rings is 1. The van der Waals surface area contributed by atoms with E-state index in [2.05, 4.69) is 4.98 Å². The van der Waals surface area contributed by atoms with Gasteiger partial charge in [-0.3, -0.25) is 0 Å². The third kappa shape index (κ3) is 4.54. The van der Waals surface area contributed by atoms with Gasteiger partial charge in [-0.25, -0.2) is 9.37 Å². The van der Waals surface area contributed by atoms with Crippen molar-refractivity contribution in [2.75, 3.05) is 12.4 Å². The highest BCUT2D eigenvalue weighted by molar-refractivity contribution is 7.99. The first-order chi connectivity index (χ1) is 9.25. The van der Waals surface area contributed by atoms with Crippen LogP contribution in [0.5, 0.6) is 5.75 Å². The lowest BCUT2D eigenvalue weighted by molar-refractivity contribution is 0.123. The summed E-state index contributed by atoms with van der Waals surface area (Å²) in [4.78, 5) is 4.13. The molecule has 0 radical (unpaired) electrons. The largest absolute Gasteiger partial charge is 0.488 e. The number of hydrogen-bond donors (Lipinski definition) is 1. The van der Waals surface area contributed by atoms with Gasteiger partial charge in [-0.2, -0.15) is 0 Å². The zero-order valence-corrected chi connectivity index (χ0v) is 11.0. The maximum atomic E-state index is 13.3. The molecule has 0 spiro atoms. The Morgan fingerprint density at radius 3 is 2.74 bits per heavy atom. The zero-order valence-electron chi connectivity index (χ0n) is 10.2. The van der Waals surface area contributed by atoms with Crippen molar-refractivity contribution in [1.29, 1.82) is 0 Å². The van der Waals surface area contributed by atoms with Gasteiger partial charge < -0.3 is 9.84 Å². The molecule has 2 aromatic rings. The van der Waals surface area contributed by atoms with E-state index in [-0.39, 0.29) is 12.4 Å². The zero-order chi connectivity index (χ0) is 13.5. The number of ether oxygens (including phenoxy) is 1. The van der Waals surface area contributed by atoms with Crippen molar-refractivity contribution in [3.05, 3.63) is 54.5 Å². The summed E-state index contributed by atoms with van der Waals surface area (Å²) in [6, 6.07) is 11.7. The van der Waals surface area contributed by atoms with Crippen LogP contribution in [0, 0.1) is 5.82 Å². The van der Waals surface area contributed by atoms with Crippen molar-refractivity contribution < 1.29 is 14.2 Å². The Hall–Kier alpha value is -1.59. The molecule has 1 aromatic heterocycles. The molecule has 2 rings (SSSR count). The highest BCUT2D eigenvalue weighted by Gasteiger charge is 2.08. The quantitative estimate of drug-likeness (QED) is 0.826. The second-order valence-electron chi connectivity index (χ2n) is 3.87. The van der Waals surface area contributed by atoms with E-state index < -0.39 is 11.9 Å². The van der Waals surface area contributed by atoms with Crippen LogP contribution in [0.15, 0.2) is 53.7 Å². The first kappa shape index (κ1) is 13.8. The van der Waals surface area contributed by atoms with Crippen molar-refractivity contribution in [3.63, 3.8) is 0 Å². The molecular formula is C14H14FNO2S. The van der Waals surface area contributed by atoms with Gasteiger partial charge in [0.25, 0.3) is 0 Å². The molecule has 1 aromatic carbocycles. The Balaban J connectivity index is 1.76. The normalized spacial score (nSPS) is 12.1. The minimum atomic E-state index is -0.674. The van der Waals surface area contributed by atoms with Crippen LogP contribution in [0.4, 0.5) is 4.39 Å². The summed E-state index contributed by atoms with van der Waals surface area (Å²) in [6.45, 7) is 0.0563. The molecule has 1 atom stereocenters. The number of rotatable bonds is 6. The first-order valence-corrected chi connectivity index (χ1v) is 6.83. The van der Waals surface area contributed by atoms with Crippen LogP contribution < -0.4 is 4.74 Å². The standard InChI is InChI=1S/C14H14FNO2S/c15-12-5-1-2-6-13(12)18-9-11(17)10-19-14-7-3-4-8-16-14/h1-8,11,17H,9-10H2/t11-/m1/s1. The molecule has 3 nitrogen and oxygen atoms in total. The van der Waals surface area contributed by atoms with E-state index in [4.69, 9.17) is 4.74 Å². The number of pyridine rings is 1. The minimum Gasteiger partial charge on any atom is -0.488 e. The highest BCUT2D eigenvalue weighted by Crippen LogP contribution is 2.18. The average molecular weight is 279 g/mol. The van der Waals surface area contributed by atoms with Crippen molar-refractivity contribution >= 4 is 11.8 Å². The van der Waals surface area contributed by atoms with Gasteiger partial charge in [0.15, 0.2) is 11.6 Å². The fourth-order valence-electron chi connectivity index (χ4n) is 1.41. The average Bonchev–Trinajstić information content (AvgIpc) is 2.45. The number of halogens is 1. The number of thioether (sulfide) groups is 1. The summed E-state index contributed by atoms with van der Waals surface area (Å²) < 4.78 is 18.5. The van der Waals surface area contributed by atoms with Crippen LogP contribution in [0.2, 0.25) is 0 Å². The van der Waals surface area contributed by atoms with Crippen molar-refractivity contribution in [2.24, 2.45) is 0 Å². The second kappa shape index (κ2) is 7.11. The molecule has 5 heteroatoms. The number of aromatic nitrogens is 1. The molecule has 19 heavy (non-hydrogen) atoms. The molecule has 0 amide bonds. The van der Waals surface area contributed by atoms with E-state index >= 15 is 0 Å². The smallest absolute Gasteiger partial charge is 0.165 e. The molecule has 0 aliphatic rings. The fraction of sp³-hybridized carbons (Fsp3) is 0.214. The summed E-state index contributed by atoms with van der Waals surface area (Å²) in [5.74, 6) is 0.183. The van der Waals surface area contributed by atoms with E-state index in [1.165, 1.54) is 23.9 Å². The van der Waals surface area contributed by atoms with E-state index in [0.717, 1.165) is 5.03 Å². The molecule has 0 aliphatic carbocycles. The van der Waals surface area contributed by atoms with Crippen molar-refractivity contribution in [3.8, 4) is 5.75 Å².